The van der Waals surface area contributed by atoms with Crippen LogP contribution in [0.1, 0.15) is 5.82 Å². The van der Waals surface area contributed by atoms with Crippen LogP contribution in [0.2, 0.25) is 0 Å². The first-order valence-electron chi connectivity index (χ1n) is 4.16. The number of rotatable bonds is 1. The van der Waals surface area contributed by atoms with Crippen LogP contribution in [0, 0.1) is 0 Å². The Morgan fingerprint density at radius 3 is 2.00 bits per heavy atom. The summed E-state index contributed by atoms with van der Waals surface area (Å²) in [7, 11) is 0. The molecule has 0 aliphatic rings. The van der Waals surface area contributed by atoms with E-state index in [1.54, 1.807) is 4.98 Å². The number of halogens is 7. The SMILES string of the molecule is FC(F)(F)C(F)(F)c1nc2nc(Br)c(Br)nc2[nH]1. The van der Waals surface area contributed by atoms with Crippen LogP contribution in [0.25, 0.3) is 11.3 Å². The van der Waals surface area contributed by atoms with E-state index in [-0.39, 0.29) is 20.5 Å². The van der Waals surface area contributed by atoms with Gasteiger partial charge in [-0.05, 0) is 31.9 Å². The lowest BCUT2D eigenvalue weighted by atomic mass is 10.3. The van der Waals surface area contributed by atoms with Gasteiger partial charge in [0.05, 0.1) is 0 Å². The quantitative estimate of drug-likeness (QED) is 0.751. The normalized spacial score (nSPS) is 13.3. The second-order valence-electron chi connectivity index (χ2n) is 3.14. The first-order chi connectivity index (χ1) is 8.13. The van der Waals surface area contributed by atoms with Crippen molar-refractivity contribution in [1.82, 2.24) is 19.9 Å². The standard InChI is InChI=1S/C7HBr2F5N4/c8-1-2(9)16-4-3(15-1)17-5(18-4)6(10,11)7(12,13)14/h(H,15,16,17,18). The summed E-state index contributed by atoms with van der Waals surface area (Å²) in [5.41, 5.74) is -0.618. The highest BCUT2D eigenvalue weighted by Crippen LogP contribution is 2.42. The highest BCUT2D eigenvalue weighted by molar-refractivity contribution is 9.13. The summed E-state index contributed by atoms with van der Waals surface area (Å²) in [6, 6.07) is 0. The maximum absolute atomic E-state index is 13.0. The zero-order valence-corrected chi connectivity index (χ0v) is 11.2. The van der Waals surface area contributed by atoms with Crippen molar-refractivity contribution in [2.24, 2.45) is 0 Å². The fourth-order valence-electron chi connectivity index (χ4n) is 1.08. The van der Waals surface area contributed by atoms with Gasteiger partial charge in [0.2, 0.25) is 0 Å². The molecule has 0 radical (unpaired) electrons. The molecule has 0 amide bonds. The molecule has 1 N–H and O–H groups in total. The van der Waals surface area contributed by atoms with Gasteiger partial charge in [-0.2, -0.15) is 22.0 Å². The topological polar surface area (TPSA) is 54.5 Å². The second-order valence-corrected chi connectivity index (χ2v) is 4.64. The van der Waals surface area contributed by atoms with Gasteiger partial charge in [-0.3, -0.25) is 0 Å². The largest absolute Gasteiger partial charge is 0.461 e. The Bertz CT molecular complexity index is 569. The molecule has 2 heterocycles. The van der Waals surface area contributed by atoms with Gasteiger partial charge < -0.3 is 4.98 Å². The van der Waals surface area contributed by atoms with E-state index in [0.717, 1.165) is 0 Å². The van der Waals surface area contributed by atoms with Crippen molar-refractivity contribution in [1.29, 1.82) is 0 Å². The van der Waals surface area contributed by atoms with Crippen molar-refractivity contribution in [3.63, 3.8) is 0 Å². The molecule has 0 aromatic carbocycles. The van der Waals surface area contributed by atoms with E-state index in [4.69, 9.17) is 0 Å². The lowest BCUT2D eigenvalue weighted by Gasteiger charge is -2.16. The highest BCUT2D eigenvalue weighted by atomic mass is 79.9. The van der Waals surface area contributed by atoms with Gasteiger partial charge in [-0.1, -0.05) is 0 Å². The molecule has 0 saturated heterocycles. The summed E-state index contributed by atoms with van der Waals surface area (Å²) in [4.78, 5) is 12.2. The van der Waals surface area contributed by atoms with Crippen LogP contribution in [-0.2, 0) is 5.92 Å². The van der Waals surface area contributed by atoms with Crippen molar-refractivity contribution < 1.29 is 22.0 Å². The predicted molar refractivity (Wildman–Crippen MR) is 57.0 cm³/mol. The number of imidazole rings is 1. The van der Waals surface area contributed by atoms with Gasteiger partial charge in [0.25, 0.3) is 0 Å². The summed E-state index contributed by atoms with van der Waals surface area (Å²) in [5.74, 6) is -6.64. The van der Waals surface area contributed by atoms with E-state index in [9.17, 15) is 22.0 Å². The zero-order valence-electron chi connectivity index (χ0n) is 7.99. The number of nitrogens with zero attached hydrogens (tertiary/aromatic N) is 3. The monoisotopic (exact) mass is 394 g/mol. The van der Waals surface area contributed by atoms with Gasteiger partial charge >= 0.3 is 12.1 Å². The van der Waals surface area contributed by atoms with E-state index >= 15 is 0 Å². The Balaban J connectivity index is 2.61. The summed E-state index contributed by atoms with van der Waals surface area (Å²) >= 11 is 5.87. The number of fused-ring (bicyclic) bond motifs is 1. The van der Waals surface area contributed by atoms with Crippen molar-refractivity contribution in [2.75, 3.05) is 0 Å². The maximum atomic E-state index is 13.0. The Kier molecular flexibility index (Phi) is 3.08. The Hall–Kier alpha value is -0.840. The molecule has 2 rings (SSSR count). The van der Waals surface area contributed by atoms with E-state index < -0.39 is 17.9 Å². The van der Waals surface area contributed by atoms with Crippen molar-refractivity contribution >= 4 is 43.2 Å². The van der Waals surface area contributed by atoms with Crippen LogP contribution < -0.4 is 0 Å². The second kappa shape index (κ2) is 4.08. The number of nitrogens with one attached hydrogen (secondary N) is 1. The molecule has 0 fully saturated rings. The minimum Gasteiger partial charge on any atom is -0.320 e. The summed E-state index contributed by atoms with van der Waals surface area (Å²) < 4.78 is 62.7. The molecule has 0 aliphatic carbocycles. The number of aromatic nitrogens is 4. The smallest absolute Gasteiger partial charge is 0.320 e. The first-order valence-corrected chi connectivity index (χ1v) is 5.75. The lowest BCUT2D eigenvalue weighted by Crippen LogP contribution is -2.34. The molecule has 2 aromatic heterocycles. The van der Waals surface area contributed by atoms with Crippen LogP contribution in [0.5, 0.6) is 0 Å². The van der Waals surface area contributed by atoms with Gasteiger partial charge in [-0.25, -0.2) is 15.0 Å². The zero-order chi connectivity index (χ0) is 13.7. The summed E-state index contributed by atoms with van der Waals surface area (Å²) in [5, 5.41) is 0. The minimum atomic E-state index is -5.74. The molecule has 0 aliphatic heterocycles. The number of aromatic amines is 1. The molecular formula is C7HBr2F5N4. The average Bonchev–Trinajstić information content (AvgIpc) is 2.60. The van der Waals surface area contributed by atoms with Crippen molar-refractivity contribution in [3.05, 3.63) is 15.0 Å². The van der Waals surface area contributed by atoms with E-state index in [0.29, 0.717) is 0 Å². The maximum Gasteiger partial charge on any atom is 0.461 e. The Morgan fingerprint density at radius 1 is 0.889 bits per heavy atom. The van der Waals surface area contributed by atoms with Crippen LogP contribution >= 0.6 is 31.9 Å². The fourth-order valence-corrected chi connectivity index (χ4v) is 1.60. The van der Waals surface area contributed by atoms with Gasteiger partial charge in [0.1, 0.15) is 9.21 Å². The third-order valence-corrected chi connectivity index (χ3v) is 3.54. The van der Waals surface area contributed by atoms with Gasteiger partial charge in [0.15, 0.2) is 17.1 Å². The van der Waals surface area contributed by atoms with Crippen LogP contribution in [0.15, 0.2) is 9.21 Å². The van der Waals surface area contributed by atoms with Gasteiger partial charge in [-0.15, -0.1) is 0 Å². The number of H-pyrrole nitrogens is 1. The number of hydrogen-bond donors (Lipinski definition) is 1. The van der Waals surface area contributed by atoms with E-state index in [1.165, 1.54) is 0 Å². The van der Waals surface area contributed by atoms with Crippen molar-refractivity contribution in [3.8, 4) is 0 Å². The summed E-state index contributed by atoms with van der Waals surface area (Å²) in [6.07, 6.45) is -5.74. The molecular weight excluding hydrogens is 395 g/mol. The van der Waals surface area contributed by atoms with Crippen LogP contribution in [0.4, 0.5) is 22.0 Å². The molecule has 0 bridgehead atoms. The fraction of sp³-hybridized carbons (Fsp3) is 0.286. The van der Waals surface area contributed by atoms with Gasteiger partial charge in [0, 0.05) is 0 Å². The van der Waals surface area contributed by atoms with Crippen LogP contribution in [-0.4, -0.2) is 26.1 Å². The first kappa shape index (κ1) is 13.6. The molecule has 0 unspecified atom stereocenters. The Labute approximate surface area is 112 Å². The summed E-state index contributed by atoms with van der Waals surface area (Å²) in [6.45, 7) is 0. The van der Waals surface area contributed by atoms with Crippen molar-refractivity contribution in [2.45, 2.75) is 12.1 Å². The predicted octanol–water partition coefficient (Wildman–Crippen LogP) is 3.53. The third-order valence-electron chi connectivity index (χ3n) is 1.90. The van der Waals surface area contributed by atoms with E-state index in [2.05, 4.69) is 46.8 Å². The van der Waals surface area contributed by atoms with Crippen LogP contribution in [0.3, 0.4) is 0 Å². The molecule has 11 heteroatoms. The molecule has 4 nitrogen and oxygen atoms in total. The molecule has 18 heavy (non-hydrogen) atoms. The Morgan fingerprint density at radius 2 is 1.44 bits per heavy atom. The molecule has 0 saturated carbocycles. The highest BCUT2D eigenvalue weighted by Gasteiger charge is 2.61. The molecule has 0 atom stereocenters. The average molecular weight is 396 g/mol. The number of alkyl halides is 5. The molecule has 0 spiro atoms. The molecule has 98 valence electrons. The molecule has 2 aromatic rings. The minimum absolute atomic E-state index is 0.142. The number of hydrogen-bond acceptors (Lipinski definition) is 3. The third kappa shape index (κ3) is 2.09. The lowest BCUT2D eigenvalue weighted by molar-refractivity contribution is -0.292. The van der Waals surface area contributed by atoms with E-state index in [1.807, 2.05) is 0 Å².